The highest BCUT2D eigenvalue weighted by molar-refractivity contribution is 5.79. The number of likely N-dealkylation sites (tertiary alicyclic amines) is 1. The molecule has 0 aliphatic carbocycles. The van der Waals surface area contributed by atoms with E-state index in [1.165, 1.54) is 11.1 Å². The van der Waals surface area contributed by atoms with Crippen LogP contribution in [-0.2, 0) is 17.8 Å². The van der Waals surface area contributed by atoms with E-state index >= 15 is 0 Å². The molecule has 2 aromatic carbocycles. The molecule has 152 valence electrons. The van der Waals surface area contributed by atoms with Crippen molar-refractivity contribution in [1.29, 1.82) is 0 Å². The highest BCUT2D eigenvalue weighted by Gasteiger charge is 2.32. The van der Waals surface area contributed by atoms with Crippen molar-refractivity contribution in [3.63, 3.8) is 0 Å². The van der Waals surface area contributed by atoms with Gasteiger partial charge in [-0.1, -0.05) is 30.3 Å². The van der Waals surface area contributed by atoms with Crippen molar-refractivity contribution in [2.45, 2.75) is 38.3 Å². The Bertz CT molecular complexity index is 897. The van der Waals surface area contributed by atoms with Crippen LogP contribution >= 0.6 is 0 Å². The maximum atomic E-state index is 13.2. The van der Waals surface area contributed by atoms with Gasteiger partial charge in [-0.25, -0.2) is 0 Å². The van der Waals surface area contributed by atoms with Crippen LogP contribution in [0.25, 0.3) is 0 Å². The fourth-order valence-corrected chi connectivity index (χ4v) is 4.77. The molecule has 0 radical (unpaired) electrons. The third kappa shape index (κ3) is 3.84. The summed E-state index contributed by atoms with van der Waals surface area (Å²) in [5.74, 6) is 1.86. The van der Waals surface area contributed by atoms with Gasteiger partial charge in [0.2, 0.25) is 5.91 Å². The van der Waals surface area contributed by atoms with Crippen molar-refractivity contribution in [2.24, 2.45) is 0 Å². The lowest BCUT2D eigenvalue weighted by Gasteiger charge is -2.32. The SMILES string of the molecule is O=C(CN1CCc2ccccc2C1)N1CCC[C@@H]1c1ccc2c(c1)OCCCO2. The number of rotatable bonds is 3. The minimum Gasteiger partial charge on any atom is -0.490 e. The second kappa shape index (κ2) is 8.07. The van der Waals surface area contributed by atoms with E-state index in [2.05, 4.69) is 46.2 Å². The minimum atomic E-state index is 0.136. The quantitative estimate of drug-likeness (QED) is 0.801. The smallest absolute Gasteiger partial charge is 0.237 e. The van der Waals surface area contributed by atoms with E-state index in [0.29, 0.717) is 19.8 Å². The Morgan fingerprint density at radius 1 is 0.966 bits per heavy atom. The molecule has 1 saturated heterocycles. The maximum absolute atomic E-state index is 13.2. The summed E-state index contributed by atoms with van der Waals surface area (Å²) in [7, 11) is 0. The molecule has 1 fully saturated rings. The zero-order chi connectivity index (χ0) is 19.6. The Kier molecular flexibility index (Phi) is 5.15. The van der Waals surface area contributed by atoms with Gasteiger partial charge in [-0.15, -0.1) is 0 Å². The fourth-order valence-electron chi connectivity index (χ4n) is 4.77. The normalized spacial score (nSPS) is 21.5. The fraction of sp³-hybridized carbons (Fsp3) is 0.458. The Morgan fingerprint density at radius 3 is 2.69 bits per heavy atom. The summed E-state index contributed by atoms with van der Waals surface area (Å²) in [5.41, 5.74) is 3.93. The average Bonchev–Trinajstić information content (AvgIpc) is 3.12. The van der Waals surface area contributed by atoms with E-state index in [1.54, 1.807) is 0 Å². The summed E-state index contributed by atoms with van der Waals surface area (Å²) in [6.45, 7) is 4.52. The molecule has 1 amide bonds. The largest absolute Gasteiger partial charge is 0.490 e. The third-order valence-corrected chi connectivity index (χ3v) is 6.30. The lowest BCUT2D eigenvalue weighted by atomic mass is 10.00. The molecular formula is C24H28N2O3. The summed E-state index contributed by atoms with van der Waals surface area (Å²) in [6.07, 6.45) is 3.98. The van der Waals surface area contributed by atoms with Crippen LogP contribution in [0.15, 0.2) is 42.5 Å². The first-order chi connectivity index (χ1) is 14.3. The van der Waals surface area contributed by atoms with Crippen molar-refractivity contribution < 1.29 is 14.3 Å². The molecule has 2 aromatic rings. The Balaban J connectivity index is 1.28. The molecule has 1 atom stereocenters. The van der Waals surface area contributed by atoms with Gasteiger partial charge in [-0.05, 0) is 48.1 Å². The molecule has 0 bridgehead atoms. The molecule has 3 heterocycles. The summed E-state index contributed by atoms with van der Waals surface area (Å²) < 4.78 is 11.6. The molecule has 5 nitrogen and oxygen atoms in total. The van der Waals surface area contributed by atoms with Crippen LogP contribution < -0.4 is 9.47 Å². The standard InChI is InChI=1S/C24H28N2O3/c27-24(17-25-12-10-18-5-1-2-6-20(18)16-25)26-11-3-7-21(26)19-8-9-22-23(15-19)29-14-4-13-28-22/h1-2,5-6,8-9,15,21H,3-4,7,10-14,16-17H2/t21-/m1/s1. The Labute approximate surface area is 172 Å². The second-order valence-electron chi connectivity index (χ2n) is 8.23. The van der Waals surface area contributed by atoms with E-state index in [9.17, 15) is 4.79 Å². The highest BCUT2D eigenvalue weighted by Crippen LogP contribution is 2.38. The third-order valence-electron chi connectivity index (χ3n) is 6.30. The summed E-state index contributed by atoms with van der Waals surface area (Å²) >= 11 is 0. The highest BCUT2D eigenvalue weighted by atomic mass is 16.5. The molecule has 5 heteroatoms. The second-order valence-corrected chi connectivity index (χ2v) is 8.23. The maximum Gasteiger partial charge on any atom is 0.237 e. The van der Waals surface area contributed by atoms with Gasteiger partial charge in [0.1, 0.15) is 0 Å². The average molecular weight is 392 g/mol. The lowest BCUT2D eigenvalue weighted by molar-refractivity contribution is -0.133. The number of hydrogen-bond acceptors (Lipinski definition) is 4. The van der Waals surface area contributed by atoms with Gasteiger partial charge in [-0.2, -0.15) is 0 Å². The van der Waals surface area contributed by atoms with Gasteiger partial charge in [0.25, 0.3) is 0 Å². The Morgan fingerprint density at radius 2 is 1.79 bits per heavy atom. The topological polar surface area (TPSA) is 42.0 Å². The number of hydrogen-bond donors (Lipinski definition) is 0. The monoisotopic (exact) mass is 392 g/mol. The lowest BCUT2D eigenvalue weighted by Crippen LogP contribution is -2.42. The minimum absolute atomic E-state index is 0.136. The van der Waals surface area contributed by atoms with Crippen LogP contribution in [0.3, 0.4) is 0 Å². The van der Waals surface area contributed by atoms with Gasteiger partial charge >= 0.3 is 0 Å². The number of ether oxygens (including phenoxy) is 2. The zero-order valence-electron chi connectivity index (χ0n) is 16.8. The number of fused-ring (bicyclic) bond motifs is 2. The summed E-state index contributed by atoms with van der Waals surface area (Å²) in [6, 6.07) is 14.9. The van der Waals surface area contributed by atoms with Crippen molar-refractivity contribution in [3.8, 4) is 11.5 Å². The number of carbonyl (C=O) groups excluding carboxylic acids is 1. The molecule has 3 aliphatic heterocycles. The van der Waals surface area contributed by atoms with Crippen LogP contribution in [0.4, 0.5) is 0 Å². The molecule has 0 saturated carbocycles. The van der Waals surface area contributed by atoms with Crippen molar-refractivity contribution in [1.82, 2.24) is 9.80 Å². The molecule has 0 unspecified atom stereocenters. The van der Waals surface area contributed by atoms with E-state index in [-0.39, 0.29) is 11.9 Å². The van der Waals surface area contributed by atoms with Crippen LogP contribution in [0, 0.1) is 0 Å². The van der Waals surface area contributed by atoms with E-state index in [0.717, 1.165) is 62.4 Å². The predicted molar refractivity (Wildman–Crippen MR) is 111 cm³/mol. The van der Waals surface area contributed by atoms with Crippen molar-refractivity contribution in [2.75, 3.05) is 32.8 Å². The molecule has 5 rings (SSSR count). The first-order valence-corrected chi connectivity index (χ1v) is 10.8. The summed E-state index contributed by atoms with van der Waals surface area (Å²) in [5, 5.41) is 0. The molecule has 0 spiro atoms. The van der Waals surface area contributed by atoms with Crippen LogP contribution in [-0.4, -0.2) is 48.6 Å². The predicted octanol–water partition coefficient (Wildman–Crippen LogP) is 3.57. The van der Waals surface area contributed by atoms with E-state index in [1.807, 2.05) is 6.07 Å². The van der Waals surface area contributed by atoms with Crippen LogP contribution in [0.5, 0.6) is 11.5 Å². The van der Waals surface area contributed by atoms with E-state index < -0.39 is 0 Å². The first-order valence-electron chi connectivity index (χ1n) is 10.8. The Hall–Kier alpha value is -2.53. The molecule has 29 heavy (non-hydrogen) atoms. The van der Waals surface area contributed by atoms with Gasteiger partial charge in [0.05, 0.1) is 25.8 Å². The molecular weight excluding hydrogens is 364 g/mol. The first kappa shape index (κ1) is 18.5. The van der Waals surface area contributed by atoms with Crippen LogP contribution in [0.2, 0.25) is 0 Å². The number of carbonyl (C=O) groups is 1. The van der Waals surface area contributed by atoms with Crippen LogP contribution in [0.1, 0.15) is 42.0 Å². The molecule has 3 aliphatic rings. The number of amides is 1. The van der Waals surface area contributed by atoms with Gasteiger partial charge in [0, 0.05) is 26.1 Å². The molecule has 0 aromatic heterocycles. The van der Waals surface area contributed by atoms with Gasteiger partial charge < -0.3 is 14.4 Å². The zero-order valence-corrected chi connectivity index (χ0v) is 16.8. The van der Waals surface area contributed by atoms with Gasteiger partial charge in [-0.3, -0.25) is 9.69 Å². The number of benzene rings is 2. The van der Waals surface area contributed by atoms with Gasteiger partial charge in [0.15, 0.2) is 11.5 Å². The summed E-state index contributed by atoms with van der Waals surface area (Å²) in [4.78, 5) is 17.5. The van der Waals surface area contributed by atoms with E-state index in [4.69, 9.17) is 9.47 Å². The molecule has 0 N–H and O–H groups in total. The number of nitrogens with zero attached hydrogens (tertiary/aromatic N) is 2. The van der Waals surface area contributed by atoms with Crippen molar-refractivity contribution in [3.05, 3.63) is 59.2 Å². The van der Waals surface area contributed by atoms with Crippen molar-refractivity contribution >= 4 is 5.91 Å².